The Kier molecular flexibility index (Phi) is 4.65. The summed E-state index contributed by atoms with van der Waals surface area (Å²) in [6, 6.07) is 1.89. The van der Waals surface area contributed by atoms with Crippen LogP contribution in [-0.4, -0.2) is 33.5 Å². The first-order chi connectivity index (χ1) is 11.8. The van der Waals surface area contributed by atoms with Crippen LogP contribution in [0.4, 0.5) is 19.0 Å². The lowest BCUT2D eigenvalue weighted by Crippen LogP contribution is -2.39. The van der Waals surface area contributed by atoms with Gasteiger partial charge < -0.3 is 15.2 Å². The van der Waals surface area contributed by atoms with Crippen molar-refractivity contribution in [2.45, 2.75) is 25.6 Å². The molecule has 2 N–H and O–H groups in total. The number of pyridine rings is 1. The van der Waals surface area contributed by atoms with E-state index in [2.05, 4.69) is 9.97 Å². The van der Waals surface area contributed by atoms with Crippen LogP contribution in [0.25, 0.3) is 0 Å². The van der Waals surface area contributed by atoms with E-state index in [0.717, 1.165) is 25.0 Å². The number of primary amides is 1. The zero-order valence-corrected chi connectivity index (χ0v) is 13.4. The predicted octanol–water partition coefficient (Wildman–Crippen LogP) is 2.31. The summed E-state index contributed by atoms with van der Waals surface area (Å²) in [5, 5.41) is 0. The van der Waals surface area contributed by atoms with Crippen LogP contribution in [0.1, 0.15) is 28.9 Å². The van der Waals surface area contributed by atoms with E-state index in [0.29, 0.717) is 19.6 Å². The molecule has 3 heterocycles. The maximum Gasteiger partial charge on any atom is 0.433 e. The highest BCUT2D eigenvalue weighted by Crippen LogP contribution is 2.32. The van der Waals surface area contributed by atoms with Crippen LogP contribution in [0.2, 0.25) is 0 Å². The van der Waals surface area contributed by atoms with Crippen molar-refractivity contribution in [3.05, 3.63) is 42.1 Å². The fraction of sp³-hybridized carbons (Fsp3) is 0.438. The predicted molar refractivity (Wildman–Crippen MR) is 84.9 cm³/mol. The molecule has 9 heteroatoms. The van der Waals surface area contributed by atoms with Gasteiger partial charge in [0.25, 0.3) is 5.91 Å². The topological polar surface area (TPSA) is 77.0 Å². The van der Waals surface area contributed by atoms with E-state index in [-0.39, 0.29) is 17.3 Å². The highest BCUT2D eigenvalue weighted by Gasteiger charge is 2.34. The molecule has 25 heavy (non-hydrogen) atoms. The van der Waals surface area contributed by atoms with Gasteiger partial charge >= 0.3 is 6.18 Å². The zero-order chi connectivity index (χ0) is 18.0. The van der Waals surface area contributed by atoms with Crippen molar-refractivity contribution < 1.29 is 18.0 Å². The average molecular weight is 353 g/mol. The lowest BCUT2D eigenvalue weighted by molar-refractivity contribution is -0.141. The molecule has 1 amide bonds. The van der Waals surface area contributed by atoms with Gasteiger partial charge in [0.1, 0.15) is 11.5 Å². The van der Waals surface area contributed by atoms with Crippen molar-refractivity contribution in [1.82, 2.24) is 14.5 Å². The Balaban J connectivity index is 1.86. The maximum atomic E-state index is 13.0. The van der Waals surface area contributed by atoms with E-state index >= 15 is 0 Å². The van der Waals surface area contributed by atoms with Crippen molar-refractivity contribution >= 4 is 11.7 Å². The molecule has 0 aliphatic carbocycles. The van der Waals surface area contributed by atoms with Gasteiger partial charge in [-0.2, -0.15) is 13.2 Å². The molecule has 3 rings (SSSR count). The third kappa shape index (κ3) is 3.92. The molecule has 6 nitrogen and oxygen atoms in total. The number of imidazole rings is 1. The minimum Gasteiger partial charge on any atom is -0.365 e. The SMILES string of the molecule is NC(=O)c1ccc(C(F)(F)F)nc1N1CCC[C@@H](Cn2ccnc2)C1. The molecule has 2 aromatic rings. The lowest BCUT2D eigenvalue weighted by Gasteiger charge is -2.34. The van der Waals surface area contributed by atoms with Gasteiger partial charge in [0, 0.05) is 32.0 Å². The summed E-state index contributed by atoms with van der Waals surface area (Å²) in [6.07, 6.45) is 2.40. The zero-order valence-electron chi connectivity index (χ0n) is 13.4. The largest absolute Gasteiger partial charge is 0.433 e. The van der Waals surface area contributed by atoms with E-state index in [4.69, 9.17) is 5.73 Å². The normalized spacial score (nSPS) is 18.4. The molecule has 134 valence electrons. The number of nitrogens with two attached hydrogens (primary N) is 1. The van der Waals surface area contributed by atoms with Gasteiger partial charge in [0.2, 0.25) is 0 Å². The molecule has 0 aromatic carbocycles. The van der Waals surface area contributed by atoms with Crippen LogP contribution >= 0.6 is 0 Å². The van der Waals surface area contributed by atoms with Crippen molar-refractivity contribution in [1.29, 1.82) is 0 Å². The second-order valence-electron chi connectivity index (χ2n) is 6.14. The summed E-state index contributed by atoms with van der Waals surface area (Å²) in [5.41, 5.74) is 4.31. The van der Waals surface area contributed by atoms with Crippen LogP contribution in [0.5, 0.6) is 0 Å². The maximum absolute atomic E-state index is 13.0. The number of carbonyl (C=O) groups excluding carboxylic acids is 1. The first kappa shape index (κ1) is 17.2. The molecule has 1 atom stereocenters. The van der Waals surface area contributed by atoms with Gasteiger partial charge in [-0.1, -0.05) is 0 Å². The number of aromatic nitrogens is 3. The van der Waals surface area contributed by atoms with E-state index < -0.39 is 17.8 Å². The fourth-order valence-corrected chi connectivity index (χ4v) is 3.14. The fourth-order valence-electron chi connectivity index (χ4n) is 3.14. The second-order valence-corrected chi connectivity index (χ2v) is 6.14. The van der Waals surface area contributed by atoms with Gasteiger partial charge in [0.05, 0.1) is 11.9 Å². The Morgan fingerprint density at radius 2 is 2.16 bits per heavy atom. The molecule has 1 fully saturated rings. The lowest BCUT2D eigenvalue weighted by atomic mass is 9.97. The summed E-state index contributed by atoms with van der Waals surface area (Å²) in [5.74, 6) is -0.550. The third-order valence-corrected chi connectivity index (χ3v) is 4.28. The first-order valence-electron chi connectivity index (χ1n) is 7.93. The molecule has 0 spiro atoms. The van der Waals surface area contributed by atoms with Crippen molar-refractivity contribution in [3.8, 4) is 0 Å². The molecule has 1 saturated heterocycles. The Morgan fingerprint density at radius 3 is 2.80 bits per heavy atom. The number of carbonyl (C=O) groups is 1. The average Bonchev–Trinajstić information content (AvgIpc) is 3.06. The van der Waals surface area contributed by atoms with Crippen molar-refractivity contribution in [2.24, 2.45) is 11.7 Å². The molecule has 0 saturated carbocycles. The van der Waals surface area contributed by atoms with Gasteiger partial charge in [-0.3, -0.25) is 4.79 Å². The smallest absolute Gasteiger partial charge is 0.365 e. The molecular weight excluding hydrogens is 335 g/mol. The quantitative estimate of drug-likeness (QED) is 0.915. The van der Waals surface area contributed by atoms with Crippen LogP contribution in [0.15, 0.2) is 30.9 Å². The highest BCUT2D eigenvalue weighted by atomic mass is 19.4. The summed E-state index contributed by atoms with van der Waals surface area (Å²) < 4.78 is 40.9. The number of halogens is 3. The van der Waals surface area contributed by atoms with Gasteiger partial charge in [-0.25, -0.2) is 9.97 Å². The Morgan fingerprint density at radius 1 is 1.36 bits per heavy atom. The van der Waals surface area contributed by atoms with Crippen LogP contribution in [0.3, 0.4) is 0 Å². The van der Waals surface area contributed by atoms with Crippen molar-refractivity contribution in [3.63, 3.8) is 0 Å². The highest BCUT2D eigenvalue weighted by molar-refractivity contribution is 5.97. The molecule has 1 aliphatic rings. The number of hydrogen-bond acceptors (Lipinski definition) is 4. The Bertz CT molecular complexity index is 745. The number of piperidine rings is 1. The standard InChI is InChI=1S/C16H18F3N5O/c17-16(18,19)13-4-3-12(14(20)25)15(22-13)24-6-1-2-11(9-24)8-23-7-5-21-10-23/h3-5,7,10-11H,1-2,6,8-9H2,(H2,20,25)/t11-/m0/s1. The first-order valence-corrected chi connectivity index (χ1v) is 7.93. The minimum atomic E-state index is -4.57. The third-order valence-electron chi connectivity index (χ3n) is 4.28. The number of anilines is 1. The summed E-state index contributed by atoms with van der Waals surface area (Å²) in [7, 11) is 0. The van der Waals surface area contributed by atoms with E-state index in [1.807, 2.05) is 10.8 Å². The van der Waals surface area contributed by atoms with Crippen LogP contribution in [-0.2, 0) is 12.7 Å². The van der Waals surface area contributed by atoms with Gasteiger partial charge in [-0.05, 0) is 30.9 Å². The number of hydrogen-bond donors (Lipinski definition) is 1. The van der Waals surface area contributed by atoms with E-state index in [1.165, 1.54) is 0 Å². The van der Waals surface area contributed by atoms with E-state index in [9.17, 15) is 18.0 Å². The number of alkyl halides is 3. The van der Waals surface area contributed by atoms with E-state index in [1.54, 1.807) is 17.4 Å². The molecule has 0 radical (unpaired) electrons. The second kappa shape index (κ2) is 6.73. The molecule has 2 aromatic heterocycles. The Labute approximate surface area is 142 Å². The van der Waals surface area contributed by atoms with Crippen molar-refractivity contribution in [2.75, 3.05) is 18.0 Å². The molecule has 1 aliphatic heterocycles. The van der Waals surface area contributed by atoms with Crippen LogP contribution < -0.4 is 10.6 Å². The monoisotopic (exact) mass is 353 g/mol. The van der Waals surface area contributed by atoms with Crippen LogP contribution in [0, 0.1) is 5.92 Å². The molecule has 0 unspecified atom stereocenters. The molecule has 0 bridgehead atoms. The Hall–Kier alpha value is -2.58. The summed E-state index contributed by atoms with van der Waals surface area (Å²) in [4.78, 5) is 21.0. The number of nitrogens with zero attached hydrogens (tertiary/aromatic N) is 4. The number of rotatable bonds is 4. The molecular formula is C16H18F3N5O. The summed E-state index contributed by atoms with van der Waals surface area (Å²) in [6.45, 7) is 1.75. The number of amides is 1. The minimum absolute atomic E-state index is 0.0104. The summed E-state index contributed by atoms with van der Waals surface area (Å²) >= 11 is 0. The van der Waals surface area contributed by atoms with Gasteiger partial charge in [-0.15, -0.1) is 0 Å². The van der Waals surface area contributed by atoms with Gasteiger partial charge in [0.15, 0.2) is 0 Å².